The largest absolute Gasteiger partial charge is 0.481 e. The first-order chi connectivity index (χ1) is 15.5. The van der Waals surface area contributed by atoms with E-state index in [4.69, 9.17) is 9.47 Å². The van der Waals surface area contributed by atoms with Gasteiger partial charge in [-0.15, -0.1) is 0 Å². The molecule has 1 atom stereocenters. The van der Waals surface area contributed by atoms with E-state index in [0.29, 0.717) is 49.0 Å². The van der Waals surface area contributed by atoms with Gasteiger partial charge >= 0.3 is 0 Å². The number of aryl methyl sites for hydroxylation is 1. The van der Waals surface area contributed by atoms with Crippen LogP contribution < -0.4 is 20.3 Å². The van der Waals surface area contributed by atoms with Crippen molar-refractivity contribution in [3.63, 3.8) is 0 Å². The van der Waals surface area contributed by atoms with E-state index in [-0.39, 0.29) is 11.8 Å². The molecule has 3 aromatic rings. The van der Waals surface area contributed by atoms with Gasteiger partial charge in [-0.2, -0.15) is 5.10 Å². The zero-order valence-corrected chi connectivity index (χ0v) is 18.3. The Hall–Kier alpha value is -3.66. The monoisotopic (exact) mass is 438 g/mol. The Bertz CT molecular complexity index is 1140. The first-order valence-corrected chi connectivity index (χ1v) is 10.4. The molecule has 2 N–H and O–H groups in total. The van der Waals surface area contributed by atoms with E-state index in [0.717, 1.165) is 11.3 Å². The zero-order valence-electron chi connectivity index (χ0n) is 18.3. The third-order valence-electron chi connectivity index (χ3n) is 5.34. The number of nitrogens with one attached hydrogen (secondary N) is 2. The van der Waals surface area contributed by atoms with Crippen LogP contribution in [0.15, 0.2) is 36.8 Å². The second-order valence-electron chi connectivity index (χ2n) is 7.51. The molecule has 0 aliphatic carbocycles. The highest BCUT2D eigenvalue weighted by Crippen LogP contribution is 2.35. The number of carbonyl (C=O) groups excluding carboxylic acids is 2. The number of anilines is 2. The van der Waals surface area contributed by atoms with Gasteiger partial charge in [0.2, 0.25) is 0 Å². The lowest BCUT2D eigenvalue weighted by molar-refractivity contribution is -0.126. The SMILES string of the molecule is CNC(=O)C(C)Oc1cc(N2CCOCC2)c(NC(=O)c2cnn3cccnc23)cc1C. The zero-order chi connectivity index (χ0) is 22.7. The Morgan fingerprint density at radius 1 is 1.25 bits per heavy atom. The summed E-state index contributed by atoms with van der Waals surface area (Å²) >= 11 is 0. The van der Waals surface area contributed by atoms with E-state index in [1.165, 1.54) is 6.20 Å². The fourth-order valence-electron chi connectivity index (χ4n) is 3.59. The highest BCUT2D eigenvalue weighted by atomic mass is 16.5. The number of carbonyl (C=O) groups is 2. The molecule has 168 valence electrons. The van der Waals surface area contributed by atoms with Crippen LogP contribution in [0.1, 0.15) is 22.8 Å². The highest BCUT2D eigenvalue weighted by Gasteiger charge is 2.22. The van der Waals surface area contributed by atoms with E-state index in [1.54, 1.807) is 36.9 Å². The number of fused-ring (bicyclic) bond motifs is 1. The average Bonchev–Trinajstić information content (AvgIpc) is 3.25. The fourth-order valence-corrected chi connectivity index (χ4v) is 3.59. The molecule has 0 bridgehead atoms. The summed E-state index contributed by atoms with van der Waals surface area (Å²) in [6.45, 7) is 6.10. The maximum absolute atomic E-state index is 13.1. The molecule has 1 aromatic carbocycles. The second-order valence-corrected chi connectivity index (χ2v) is 7.51. The number of nitrogens with zero attached hydrogens (tertiary/aromatic N) is 4. The Labute approximate surface area is 185 Å². The van der Waals surface area contributed by atoms with Gasteiger partial charge in [0.25, 0.3) is 11.8 Å². The second kappa shape index (κ2) is 9.23. The molecule has 1 aliphatic rings. The smallest absolute Gasteiger partial charge is 0.261 e. The van der Waals surface area contributed by atoms with Crippen LogP contribution in [0, 0.1) is 6.92 Å². The van der Waals surface area contributed by atoms with Gasteiger partial charge in [0, 0.05) is 38.6 Å². The van der Waals surface area contributed by atoms with E-state index in [9.17, 15) is 9.59 Å². The Balaban J connectivity index is 1.67. The standard InChI is InChI=1S/C22H26N6O4/c1-14-11-17(26-22(30)16-13-25-28-6-4-5-24-20(16)28)18(27-7-9-31-10-8-27)12-19(14)32-15(2)21(29)23-3/h4-6,11-13,15H,7-10H2,1-3H3,(H,23,29)(H,26,30). The summed E-state index contributed by atoms with van der Waals surface area (Å²) in [6.07, 6.45) is 4.21. The van der Waals surface area contributed by atoms with Crippen molar-refractivity contribution >= 4 is 28.8 Å². The van der Waals surface area contributed by atoms with E-state index in [1.807, 2.05) is 19.1 Å². The maximum atomic E-state index is 13.1. The van der Waals surface area contributed by atoms with Crippen LogP contribution >= 0.6 is 0 Å². The molecule has 10 heteroatoms. The number of hydrogen-bond donors (Lipinski definition) is 2. The molecule has 1 unspecified atom stereocenters. The average molecular weight is 438 g/mol. The van der Waals surface area contributed by atoms with Crippen molar-refractivity contribution in [2.45, 2.75) is 20.0 Å². The summed E-state index contributed by atoms with van der Waals surface area (Å²) in [6, 6.07) is 5.47. The molecule has 2 amide bonds. The molecule has 10 nitrogen and oxygen atoms in total. The molecule has 1 saturated heterocycles. The number of amides is 2. The van der Waals surface area contributed by atoms with Crippen LogP contribution in [0.3, 0.4) is 0 Å². The van der Waals surface area contributed by atoms with Crippen molar-refractivity contribution in [2.75, 3.05) is 43.6 Å². The predicted molar refractivity (Wildman–Crippen MR) is 119 cm³/mol. The lowest BCUT2D eigenvalue weighted by atomic mass is 10.1. The molecule has 32 heavy (non-hydrogen) atoms. The van der Waals surface area contributed by atoms with Crippen LogP contribution in [0.4, 0.5) is 11.4 Å². The third-order valence-corrected chi connectivity index (χ3v) is 5.34. The predicted octanol–water partition coefficient (Wildman–Crippen LogP) is 1.64. The van der Waals surface area contributed by atoms with Gasteiger partial charge in [0.05, 0.1) is 30.8 Å². The Morgan fingerprint density at radius 3 is 2.78 bits per heavy atom. The quantitative estimate of drug-likeness (QED) is 0.602. The minimum absolute atomic E-state index is 0.213. The molecule has 0 saturated carbocycles. The lowest BCUT2D eigenvalue weighted by Gasteiger charge is -2.31. The summed E-state index contributed by atoms with van der Waals surface area (Å²) in [5.41, 5.74) is 3.10. The van der Waals surface area contributed by atoms with Crippen molar-refractivity contribution in [3.05, 3.63) is 47.9 Å². The minimum atomic E-state index is -0.651. The molecular formula is C22H26N6O4. The normalized spacial score (nSPS) is 14.8. The van der Waals surface area contributed by atoms with Gasteiger partial charge < -0.3 is 25.0 Å². The summed E-state index contributed by atoms with van der Waals surface area (Å²) in [5.74, 6) is 0.0635. The number of hydrogen-bond acceptors (Lipinski definition) is 7. The van der Waals surface area contributed by atoms with E-state index < -0.39 is 6.10 Å². The Kier molecular flexibility index (Phi) is 6.22. The molecule has 3 heterocycles. The molecule has 4 rings (SSSR count). The van der Waals surface area contributed by atoms with Gasteiger partial charge in [0.1, 0.15) is 11.3 Å². The van der Waals surface area contributed by atoms with Crippen LogP contribution in [-0.4, -0.2) is 65.9 Å². The number of benzene rings is 1. The number of likely N-dealkylation sites (N-methyl/N-ethyl adjacent to an activating group) is 1. The maximum Gasteiger partial charge on any atom is 0.261 e. The van der Waals surface area contributed by atoms with Gasteiger partial charge in [0.15, 0.2) is 11.8 Å². The van der Waals surface area contributed by atoms with Crippen molar-refractivity contribution in [1.29, 1.82) is 0 Å². The molecule has 2 aromatic heterocycles. The van der Waals surface area contributed by atoms with E-state index >= 15 is 0 Å². The van der Waals surface area contributed by atoms with Crippen LogP contribution in [-0.2, 0) is 9.53 Å². The summed E-state index contributed by atoms with van der Waals surface area (Å²) in [7, 11) is 1.57. The number of ether oxygens (including phenoxy) is 2. The lowest BCUT2D eigenvalue weighted by Crippen LogP contribution is -2.37. The molecule has 1 fully saturated rings. The van der Waals surface area contributed by atoms with Gasteiger partial charge in [-0.05, 0) is 31.5 Å². The number of rotatable bonds is 6. The van der Waals surface area contributed by atoms with Crippen molar-refractivity contribution in [2.24, 2.45) is 0 Å². The molecule has 1 aliphatic heterocycles. The highest BCUT2D eigenvalue weighted by molar-refractivity contribution is 6.09. The molecule has 0 radical (unpaired) electrons. The minimum Gasteiger partial charge on any atom is -0.481 e. The van der Waals surface area contributed by atoms with E-state index in [2.05, 4.69) is 25.6 Å². The first kappa shape index (κ1) is 21.6. The van der Waals surface area contributed by atoms with Gasteiger partial charge in [-0.25, -0.2) is 9.50 Å². The van der Waals surface area contributed by atoms with Crippen molar-refractivity contribution < 1.29 is 19.1 Å². The summed E-state index contributed by atoms with van der Waals surface area (Å²) in [4.78, 5) is 31.4. The topological polar surface area (TPSA) is 110 Å². The summed E-state index contributed by atoms with van der Waals surface area (Å²) < 4.78 is 13.0. The van der Waals surface area contributed by atoms with Gasteiger partial charge in [-0.3, -0.25) is 9.59 Å². The molecule has 0 spiro atoms. The molecular weight excluding hydrogens is 412 g/mol. The first-order valence-electron chi connectivity index (χ1n) is 10.4. The fraction of sp³-hybridized carbons (Fsp3) is 0.364. The van der Waals surface area contributed by atoms with Crippen LogP contribution in [0.5, 0.6) is 5.75 Å². The van der Waals surface area contributed by atoms with Crippen molar-refractivity contribution in [1.82, 2.24) is 19.9 Å². The van der Waals surface area contributed by atoms with Gasteiger partial charge in [-0.1, -0.05) is 0 Å². The summed E-state index contributed by atoms with van der Waals surface area (Å²) in [5, 5.41) is 9.79. The number of morpholine rings is 1. The van der Waals surface area contributed by atoms with Crippen LogP contribution in [0.2, 0.25) is 0 Å². The Morgan fingerprint density at radius 2 is 2.03 bits per heavy atom. The number of aromatic nitrogens is 3. The van der Waals surface area contributed by atoms with Crippen LogP contribution in [0.25, 0.3) is 5.65 Å². The van der Waals surface area contributed by atoms with Crippen molar-refractivity contribution in [3.8, 4) is 5.75 Å². The third kappa shape index (κ3) is 4.35.